The maximum Gasteiger partial charge on any atom is 0.146 e. The first kappa shape index (κ1) is 13.1. The number of ether oxygens (including phenoxy) is 1. The number of benzene rings is 1. The monoisotopic (exact) mass is 305 g/mol. The van der Waals surface area contributed by atoms with Gasteiger partial charge in [0.1, 0.15) is 11.5 Å². The summed E-state index contributed by atoms with van der Waals surface area (Å²) in [4.78, 5) is 4.08. The molecule has 1 heterocycles. The Morgan fingerprint density at radius 3 is 2.50 bits per heavy atom. The highest BCUT2D eigenvalue weighted by Crippen LogP contribution is 2.27. The minimum absolute atomic E-state index is 0.534. The number of aryl methyl sites for hydroxylation is 1. The van der Waals surface area contributed by atoms with Gasteiger partial charge in [0.2, 0.25) is 0 Å². The molecule has 1 aromatic carbocycles. The topological polar surface area (TPSA) is 22.1 Å². The first-order valence-corrected chi connectivity index (χ1v) is 6.74. The molecule has 0 unspecified atom stereocenters. The standard InChI is InChI=1S/C15H16BrNO/c1-10(2)15-5-4-13(6-11(15)3)18-14-7-12(16)8-17-9-14/h4-10H,1-3H3. The maximum atomic E-state index is 5.78. The molecule has 18 heavy (non-hydrogen) atoms. The Labute approximate surface area is 116 Å². The van der Waals surface area contributed by atoms with Crippen molar-refractivity contribution in [2.75, 3.05) is 0 Å². The summed E-state index contributed by atoms with van der Waals surface area (Å²) < 4.78 is 6.69. The first-order valence-electron chi connectivity index (χ1n) is 5.95. The molecule has 94 valence electrons. The van der Waals surface area contributed by atoms with E-state index in [2.05, 4.69) is 53.8 Å². The summed E-state index contributed by atoms with van der Waals surface area (Å²) in [6.45, 7) is 6.50. The molecule has 2 nitrogen and oxygen atoms in total. The van der Waals surface area contributed by atoms with Crippen molar-refractivity contribution in [1.82, 2.24) is 4.98 Å². The van der Waals surface area contributed by atoms with E-state index >= 15 is 0 Å². The number of pyridine rings is 1. The largest absolute Gasteiger partial charge is 0.456 e. The van der Waals surface area contributed by atoms with Crippen LogP contribution in [0.3, 0.4) is 0 Å². The average molecular weight is 306 g/mol. The predicted molar refractivity (Wildman–Crippen MR) is 77.3 cm³/mol. The zero-order valence-corrected chi connectivity index (χ0v) is 12.4. The van der Waals surface area contributed by atoms with Crippen LogP contribution in [0.2, 0.25) is 0 Å². The van der Waals surface area contributed by atoms with Crippen LogP contribution in [0.4, 0.5) is 0 Å². The molecule has 0 saturated carbocycles. The summed E-state index contributed by atoms with van der Waals surface area (Å²) in [5.41, 5.74) is 2.61. The predicted octanol–water partition coefficient (Wildman–Crippen LogP) is 5.07. The number of hydrogen-bond acceptors (Lipinski definition) is 2. The molecule has 0 radical (unpaired) electrons. The van der Waals surface area contributed by atoms with Crippen LogP contribution in [0.5, 0.6) is 11.5 Å². The molecule has 0 N–H and O–H groups in total. The fourth-order valence-corrected chi connectivity index (χ4v) is 2.29. The number of halogens is 1. The quantitative estimate of drug-likeness (QED) is 0.790. The van der Waals surface area contributed by atoms with Gasteiger partial charge in [-0.1, -0.05) is 19.9 Å². The minimum atomic E-state index is 0.534. The van der Waals surface area contributed by atoms with Crippen LogP contribution in [0.15, 0.2) is 41.1 Å². The van der Waals surface area contributed by atoms with Crippen LogP contribution < -0.4 is 4.74 Å². The second kappa shape index (κ2) is 5.53. The molecule has 0 aliphatic rings. The molecule has 0 bridgehead atoms. The molecule has 0 fully saturated rings. The zero-order chi connectivity index (χ0) is 13.1. The van der Waals surface area contributed by atoms with Gasteiger partial charge in [-0.3, -0.25) is 4.98 Å². The van der Waals surface area contributed by atoms with E-state index in [1.54, 1.807) is 12.4 Å². The van der Waals surface area contributed by atoms with Crippen LogP contribution >= 0.6 is 15.9 Å². The Kier molecular flexibility index (Phi) is 4.02. The van der Waals surface area contributed by atoms with E-state index in [1.807, 2.05) is 12.1 Å². The van der Waals surface area contributed by atoms with E-state index in [1.165, 1.54) is 11.1 Å². The Balaban J connectivity index is 2.23. The second-order valence-electron chi connectivity index (χ2n) is 4.61. The number of aromatic nitrogens is 1. The van der Waals surface area contributed by atoms with Crippen LogP contribution in [0.25, 0.3) is 0 Å². The van der Waals surface area contributed by atoms with Gasteiger partial charge in [-0.25, -0.2) is 0 Å². The Hall–Kier alpha value is -1.35. The van der Waals surface area contributed by atoms with Crippen molar-refractivity contribution in [3.8, 4) is 11.5 Å². The lowest BCUT2D eigenvalue weighted by atomic mass is 9.98. The molecule has 0 amide bonds. The van der Waals surface area contributed by atoms with Crippen LogP contribution in [-0.2, 0) is 0 Å². The molecule has 2 rings (SSSR count). The molecule has 0 spiro atoms. The van der Waals surface area contributed by atoms with Crippen molar-refractivity contribution in [3.05, 3.63) is 52.3 Å². The van der Waals surface area contributed by atoms with Gasteiger partial charge in [0.05, 0.1) is 6.20 Å². The SMILES string of the molecule is Cc1cc(Oc2cncc(Br)c2)ccc1C(C)C. The first-order chi connectivity index (χ1) is 8.56. The fraction of sp³-hybridized carbons (Fsp3) is 0.267. The third kappa shape index (κ3) is 3.10. The van der Waals surface area contributed by atoms with Crippen molar-refractivity contribution >= 4 is 15.9 Å². The molecule has 1 aromatic heterocycles. The number of hydrogen-bond donors (Lipinski definition) is 0. The van der Waals surface area contributed by atoms with Gasteiger partial charge in [0.15, 0.2) is 0 Å². The normalized spacial score (nSPS) is 10.7. The molecule has 2 aromatic rings. The smallest absolute Gasteiger partial charge is 0.146 e. The maximum absolute atomic E-state index is 5.78. The van der Waals surface area contributed by atoms with Crippen molar-refractivity contribution in [2.24, 2.45) is 0 Å². The molecule has 0 aliphatic carbocycles. The van der Waals surface area contributed by atoms with Gasteiger partial charge in [-0.15, -0.1) is 0 Å². The zero-order valence-electron chi connectivity index (χ0n) is 10.8. The lowest BCUT2D eigenvalue weighted by Crippen LogP contribution is -1.93. The minimum Gasteiger partial charge on any atom is -0.456 e. The van der Waals surface area contributed by atoms with Crippen LogP contribution in [0, 0.1) is 6.92 Å². The van der Waals surface area contributed by atoms with E-state index in [0.717, 1.165) is 16.0 Å². The summed E-state index contributed by atoms with van der Waals surface area (Å²) >= 11 is 3.38. The molecule has 0 atom stereocenters. The van der Waals surface area contributed by atoms with Crippen molar-refractivity contribution < 1.29 is 4.74 Å². The van der Waals surface area contributed by atoms with Gasteiger partial charge in [-0.05, 0) is 58.1 Å². The Bertz CT molecular complexity index is 552. The molecule has 0 saturated heterocycles. The van der Waals surface area contributed by atoms with Gasteiger partial charge in [-0.2, -0.15) is 0 Å². The van der Waals surface area contributed by atoms with Gasteiger partial charge < -0.3 is 4.74 Å². The fourth-order valence-electron chi connectivity index (χ4n) is 1.94. The molecule has 3 heteroatoms. The summed E-state index contributed by atoms with van der Waals surface area (Å²) in [6, 6.07) is 8.10. The lowest BCUT2D eigenvalue weighted by molar-refractivity contribution is 0.479. The Morgan fingerprint density at radius 2 is 1.89 bits per heavy atom. The van der Waals surface area contributed by atoms with Crippen molar-refractivity contribution in [2.45, 2.75) is 26.7 Å². The highest BCUT2D eigenvalue weighted by atomic mass is 79.9. The van der Waals surface area contributed by atoms with E-state index < -0.39 is 0 Å². The Morgan fingerprint density at radius 1 is 1.11 bits per heavy atom. The van der Waals surface area contributed by atoms with Gasteiger partial charge >= 0.3 is 0 Å². The molecular weight excluding hydrogens is 290 g/mol. The van der Waals surface area contributed by atoms with Crippen LogP contribution in [-0.4, -0.2) is 4.98 Å². The van der Waals surface area contributed by atoms with Crippen molar-refractivity contribution in [1.29, 1.82) is 0 Å². The number of nitrogens with zero attached hydrogens (tertiary/aromatic N) is 1. The summed E-state index contributed by atoms with van der Waals surface area (Å²) in [5, 5.41) is 0. The van der Waals surface area contributed by atoms with Gasteiger partial charge in [0, 0.05) is 10.7 Å². The molecule has 0 aliphatic heterocycles. The summed E-state index contributed by atoms with van der Waals surface area (Å²) in [5.74, 6) is 2.12. The van der Waals surface area contributed by atoms with E-state index in [-0.39, 0.29) is 0 Å². The lowest BCUT2D eigenvalue weighted by Gasteiger charge is -2.12. The second-order valence-corrected chi connectivity index (χ2v) is 5.53. The summed E-state index contributed by atoms with van der Waals surface area (Å²) in [6.07, 6.45) is 3.44. The van der Waals surface area contributed by atoms with Crippen molar-refractivity contribution in [3.63, 3.8) is 0 Å². The van der Waals surface area contributed by atoms with E-state index in [9.17, 15) is 0 Å². The highest BCUT2D eigenvalue weighted by Gasteiger charge is 2.05. The third-order valence-corrected chi connectivity index (χ3v) is 3.21. The van der Waals surface area contributed by atoms with Crippen LogP contribution in [0.1, 0.15) is 30.9 Å². The van der Waals surface area contributed by atoms with E-state index in [4.69, 9.17) is 4.74 Å². The summed E-state index contributed by atoms with van der Waals surface area (Å²) in [7, 11) is 0. The highest BCUT2D eigenvalue weighted by molar-refractivity contribution is 9.10. The average Bonchev–Trinajstić information content (AvgIpc) is 2.28. The number of rotatable bonds is 3. The third-order valence-electron chi connectivity index (χ3n) is 2.78. The molecular formula is C15H16BrNO. The van der Waals surface area contributed by atoms with Gasteiger partial charge in [0.25, 0.3) is 0 Å². The van der Waals surface area contributed by atoms with E-state index in [0.29, 0.717) is 5.92 Å².